The molecule has 2 N–H and O–H groups in total. The maximum atomic E-state index is 13.3. The summed E-state index contributed by atoms with van der Waals surface area (Å²) in [6, 6.07) is 4.08. The zero-order valence-corrected chi connectivity index (χ0v) is 14.5. The van der Waals surface area contributed by atoms with Crippen LogP contribution in [0.3, 0.4) is 0 Å². The third kappa shape index (κ3) is 4.61. The highest BCUT2D eigenvalue weighted by molar-refractivity contribution is 9.09. The van der Waals surface area contributed by atoms with E-state index in [9.17, 15) is 18.3 Å². The second kappa shape index (κ2) is 7.40. The Morgan fingerprint density at radius 3 is 2.78 bits per heavy atom. The molecule has 130 valence electrons. The number of benzene rings is 1. The van der Waals surface area contributed by atoms with Crippen LogP contribution in [0.25, 0.3) is 0 Å². The lowest BCUT2D eigenvalue weighted by molar-refractivity contribution is -0.139. The molecule has 0 radical (unpaired) electrons. The predicted molar refractivity (Wildman–Crippen MR) is 86.2 cm³/mol. The Morgan fingerprint density at radius 2 is 2.17 bits per heavy atom. The molecule has 0 aliphatic carbocycles. The van der Waals surface area contributed by atoms with Gasteiger partial charge in [-0.05, 0) is 44.0 Å². The number of hydrogen-bond donors (Lipinski definition) is 2. The third-order valence-corrected chi connectivity index (χ3v) is 4.71. The van der Waals surface area contributed by atoms with E-state index >= 15 is 0 Å². The van der Waals surface area contributed by atoms with E-state index < -0.39 is 17.3 Å². The van der Waals surface area contributed by atoms with Crippen LogP contribution >= 0.6 is 15.9 Å². The molecule has 23 heavy (non-hydrogen) atoms. The summed E-state index contributed by atoms with van der Waals surface area (Å²) in [7, 11) is 0. The second-order valence-electron chi connectivity index (χ2n) is 6.01. The van der Waals surface area contributed by atoms with Gasteiger partial charge in [0.25, 0.3) is 0 Å². The number of alkyl halides is 4. The van der Waals surface area contributed by atoms with Crippen molar-refractivity contribution < 1.29 is 23.0 Å². The fourth-order valence-corrected chi connectivity index (χ4v) is 3.04. The molecule has 2 atom stereocenters. The van der Waals surface area contributed by atoms with E-state index in [0.29, 0.717) is 36.8 Å². The standard InChI is InChI=1S/C16H21BrF3NO2/c1-15(22)5-7-21-10-13(15)11-3-4-14(23-8-2-6-17)12(9-11)16(18,19)20/h3-4,9,13,21-22H,2,5-8,10H2,1H3. The molecule has 2 unspecified atom stereocenters. The van der Waals surface area contributed by atoms with Crippen molar-refractivity contribution in [2.45, 2.75) is 37.5 Å². The summed E-state index contributed by atoms with van der Waals surface area (Å²) < 4.78 is 45.3. The van der Waals surface area contributed by atoms with E-state index in [0.717, 1.165) is 6.07 Å². The van der Waals surface area contributed by atoms with Gasteiger partial charge in [0.1, 0.15) is 5.75 Å². The van der Waals surface area contributed by atoms with Gasteiger partial charge in [-0.3, -0.25) is 0 Å². The van der Waals surface area contributed by atoms with E-state index in [1.807, 2.05) is 0 Å². The molecule has 1 fully saturated rings. The number of piperidine rings is 1. The first-order valence-corrected chi connectivity index (χ1v) is 8.71. The third-order valence-electron chi connectivity index (χ3n) is 4.15. The zero-order chi connectivity index (χ0) is 17.1. The molecule has 2 rings (SSSR count). The van der Waals surface area contributed by atoms with Crippen LogP contribution in [-0.4, -0.2) is 35.7 Å². The summed E-state index contributed by atoms with van der Waals surface area (Å²) in [4.78, 5) is 0. The van der Waals surface area contributed by atoms with Crippen molar-refractivity contribution in [3.63, 3.8) is 0 Å². The van der Waals surface area contributed by atoms with E-state index in [4.69, 9.17) is 4.74 Å². The highest BCUT2D eigenvalue weighted by Crippen LogP contribution is 2.40. The first-order chi connectivity index (χ1) is 10.8. The summed E-state index contributed by atoms with van der Waals surface area (Å²) in [6.07, 6.45) is -3.36. The summed E-state index contributed by atoms with van der Waals surface area (Å²) >= 11 is 3.22. The average Bonchev–Trinajstić information content (AvgIpc) is 2.46. The minimum absolute atomic E-state index is 0.161. The molecule has 1 saturated heterocycles. The molecule has 1 aromatic rings. The fourth-order valence-electron chi connectivity index (χ4n) is 2.81. The van der Waals surface area contributed by atoms with E-state index in [2.05, 4.69) is 21.2 Å². The molecule has 0 aromatic heterocycles. The van der Waals surface area contributed by atoms with Gasteiger partial charge in [-0.2, -0.15) is 13.2 Å². The molecular weight excluding hydrogens is 375 g/mol. The monoisotopic (exact) mass is 395 g/mol. The van der Waals surface area contributed by atoms with Crippen LogP contribution in [0.2, 0.25) is 0 Å². The van der Waals surface area contributed by atoms with Gasteiger partial charge < -0.3 is 15.2 Å². The lowest BCUT2D eigenvalue weighted by atomic mass is 9.78. The van der Waals surface area contributed by atoms with Crippen LogP contribution in [-0.2, 0) is 6.18 Å². The first-order valence-electron chi connectivity index (χ1n) is 7.58. The molecule has 1 aliphatic rings. The van der Waals surface area contributed by atoms with E-state index in [1.165, 1.54) is 6.07 Å². The first kappa shape index (κ1) is 18.5. The number of nitrogens with one attached hydrogen (secondary N) is 1. The van der Waals surface area contributed by atoms with Crippen LogP contribution in [0.1, 0.15) is 36.8 Å². The molecule has 1 aliphatic heterocycles. The van der Waals surface area contributed by atoms with Crippen molar-refractivity contribution in [1.82, 2.24) is 5.32 Å². The quantitative estimate of drug-likeness (QED) is 0.589. The summed E-state index contributed by atoms with van der Waals surface area (Å²) in [5, 5.41) is 14.3. The highest BCUT2D eigenvalue weighted by atomic mass is 79.9. The number of ether oxygens (including phenoxy) is 1. The Balaban J connectivity index is 2.32. The molecule has 3 nitrogen and oxygen atoms in total. The van der Waals surface area contributed by atoms with Crippen molar-refractivity contribution in [2.75, 3.05) is 25.0 Å². The van der Waals surface area contributed by atoms with Crippen LogP contribution in [0, 0.1) is 0 Å². The molecular formula is C16H21BrF3NO2. The zero-order valence-electron chi connectivity index (χ0n) is 12.9. The minimum atomic E-state index is -4.49. The van der Waals surface area contributed by atoms with Gasteiger partial charge >= 0.3 is 6.18 Å². The lowest BCUT2D eigenvalue weighted by Crippen LogP contribution is -2.46. The van der Waals surface area contributed by atoms with Crippen molar-refractivity contribution in [2.24, 2.45) is 0 Å². The molecule has 0 bridgehead atoms. The smallest absolute Gasteiger partial charge is 0.419 e. The topological polar surface area (TPSA) is 41.5 Å². The van der Waals surface area contributed by atoms with E-state index in [1.54, 1.807) is 13.0 Å². The Labute approximate surface area is 142 Å². The molecule has 7 heteroatoms. The Morgan fingerprint density at radius 1 is 1.43 bits per heavy atom. The van der Waals surface area contributed by atoms with Gasteiger partial charge in [-0.1, -0.05) is 22.0 Å². The summed E-state index contributed by atoms with van der Waals surface area (Å²) in [5.74, 6) is -0.542. The van der Waals surface area contributed by atoms with Gasteiger partial charge in [0, 0.05) is 17.8 Å². The molecule has 0 spiro atoms. The number of hydrogen-bond acceptors (Lipinski definition) is 3. The van der Waals surface area contributed by atoms with Crippen molar-refractivity contribution >= 4 is 15.9 Å². The Hall–Kier alpha value is -0.790. The maximum Gasteiger partial charge on any atom is 0.419 e. The average molecular weight is 396 g/mol. The van der Waals surface area contributed by atoms with Crippen molar-refractivity contribution in [1.29, 1.82) is 0 Å². The Kier molecular flexibility index (Phi) is 5.97. The fraction of sp³-hybridized carbons (Fsp3) is 0.625. The van der Waals surface area contributed by atoms with Crippen LogP contribution < -0.4 is 10.1 Å². The molecule has 1 heterocycles. The number of rotatable bonds is 5. The van der Waals surface area contributed by atoms with Gasteiger partial charge in [0.2, 0.25) is 0 Å². The Bertz CT molecular complexity index is 535. The molecule has 0 amide bonds. The summed E-state index contributed by atoms with van der Waals surface area (Å²) in [5.41, 5.74) is -1.33. The van der Waals surface area contributed by atoms with Crippen LogP contribution in [0.15, 0.2) is 18.2 Å². The van der Waals surface area contributed by atoms with E-state index in [-0.39, 0.29) is 18.3 Å². The largest absolute Gasteiger partial charge is 0.493 e. The second-order valence-corrected chi connectivity index (χ2v) is 6.80. The summed E-state index contributed by atoms with van der Waals surface area (Å²) in [6.45, 7) is 3.00. The highest BCUT2D eigenvalue weighted by Gasteiger charge is 2.39. The molecule has 1 aromatic carbocycles. The number of halogens is 4. The van der Waals surface area contributed by atoms with Gasteiger partial charge in [0.15, 0.2) is 0 Å². The van der Waals surface area contributed by atoms with Crippen LogP contribution in [0.4, 0.5) is 13.2 Å². The van der Waals surface area contributed by atoms with Crippen molar-refractivity contribution in [3.8, 4) is 5.75 Å². The number of aliphatic hydroxyl groups is 1. The maximum absolute atomic E-state index is 13.3. The lowest BCUT2D eigenvalue weighted by Gasteiger charge is -2.38. The van der Waals surface area contributed by atoms with Crippen LogP contribution in [0.5, 0.6) is 5.75 Å². The normalized spacial score (nSPS) is 25.4. The predicted octanol–water partition coefficient (Wildman–Crippen LogP) is 3.70. The minimum Gasteiger partial charge on any atom is -0.493 e. The van der Waals surface area contributed by atoms with Crippen molar-refractivity contribution in [3.05, 3.63) is 29.3 Å². The van der Waals surface area contributed by atoms with Gasteiger partial charge in [-0.25, -0.2) is 0 Å². The van der Waals surface area contributed by atoms with Gasteiger partial charge in [-0.15, -0.1) is 0 Å². The van der Waals surface area contributed by atoms with Gasteiger partial charge in [0.05, 0.1) is 17.8 Å². The SMILES string of the molecule is CC1(O)CCNCC1c1ccc(OCCCBr)c(C(F)(F)F)c1. The molecule has 0 saturated carbocycles.